The highest BCUT2D eigenvalue weighted by Gasteiger charge is 2.40. The molecule has 2 atom stereocenters. The smallest absolute Gasteiger partial charge is 0.141 e. The third-order valence-electron chi connectivity index (χ3n) is 4.71. The Labute approximate surface area is 109 Å². The normalized spacial score (nSPS) is 30.9. The predicted octanol–water partition coefficient (Wildman–Crippen LogP) is 3.96. The van der Waals surface area contributed by atoms with Crippen LogP contribution in [0.25, 0.3) is 0 Å². The molecule has 0 amide bonds. The molecule has 0 aliphatic heterocycles. The third-order valence-corrected chi connectivity index (χ3v) is 4.71. The quantitative estimate of drug-likeness (QED) is 0.734. The summed E-state index contributed by atoms with van der Waals surface area (Å²) >= 11 is 0. The lowest BCUT2D eigenvalue weighted by Crippen LogP contribution is -2.30. The van der Waals surface area contributed by atoms with E-state index >= 15 is 0 Å². The van der Waals surface area contributed by atoms with E-state index in [1.165, 1.54) is 25.7 Å². The van der Waals surface area contributed by atoms with Crippen LogP contribution in [0, 0.1) is 11.8 Å². The zero-order valence-electron chi connectivity index (χ0n) is 11.6. The number of rotatable bonds is 2. The van der Waals surface area contributed by atoms with Gasteiger partial charge in [-0.1, -0.05) is 18.6 Å². The van der Waals surface area contributed by atoms with Gasteiger partial charge in [0.15, 0.2) is 0 Å². The Hall–Kier alpha value is -1.18. The SMILES string of the molecule is COC1=C(OC)[C@@H]2C3=C(CCC=C3CC[C@@H]2C)C1. The van der Waals surface area contributed by atoms with Gasteiger partial charge in [0, 0.05) is 12.3 Å². The predicted molar refractivity (Wildman–Crippen MR) is 71.9 cm³/mol. The first-order valence-corrected chi connectivity index (χ1v) is 6.98. The van der Waals surface area contributed by atoms with Crippen molar-refractivity contribution in [2.24, 2.45) is 11.8 Å². The summed E-state index contributed by atoms with van der Waals surface area (Å²) in [6.07, 6.45) is 8.31. The molecular weight excluding hydrogens is 224 g/mol. The minimum Gasteiger partial charge on any atom is -0.497 e. The summed E-state index contributed by atoms with van der Waals surface area (Å²) in [6.45, 7) is 2.35. The number of hydrogen-bond donors (Lipinski definition) is 0. The van der Waals surface area contributed by atoms with E-state index in [4.69, 9.17) is 9.47 Å². The Morgan fingerprint density at radius 3 is 2.72 bits per heavy atom. The minimum absolute atomic E-state index is 0.439. The lowest BCUT2D eigenvalue weighted by Gasteiger charge is -2.41. The summed E-state index contributed by atoms with van der Waals surface area (Å²) in [5.74, 6) is 3.23. The number of allylic oxidation sites excluding steroid dienone is 4. The molecule has 0 heterocycles. The maximum atomic E-state index is 5.69. The van der Waals surface area contributed by atoms with Gasteiger partial charge < -0.3 is 9.47 Å². The van der Waals surface area contributed by atoms with Gasteiger partial charge in [0.05, 0.1) is 14.2 Å². The fraction of sp³-hybridized carbons (Fsp3) is 0.625. The average Bonchev–Trinajstić information content (AvgIpc) is 2.41. The Bertz CT molecular complexity index is 454. The van der Waals surface area contributed by atoms with Gasteiger partial charge in [-0.15, -0.1) is 0 Å². The highest BCUT2D eigenvalue weighted by Crippen LogP contribution is 2.51. The topological polar surface area (TPSA) is 18.5 Å². The first-order valence-electron chi connectivity index (χ1n) is 6.98. The Balaban J connectivity index is 2.09. The van der Waals surface area contributed by atoms with Crippen LogP contribution < -0.4 is 0 Å². The molecule has 0 N–H and O–H groups in total. The summed E-state index contributed by atoms with van der Waals surface area (Å²) in [4.78, 5) is 0. The molecule has 0 radical (unpaired) electrons. The fourth-order valence-corrected chi connectivity index (χ4v) is 3.82. The number of hydrogen-bond acceptors (Lipinski definition) is 2. The van der Waals surface area contributed by atoms with E-state index in [1.807, 2.05) is 0 Å². The molecule has 2 nitrogen and oxygen atoms in total. The second-order valence-corrected chi connectivity index (χ2v) is 5.65. The van der Waals surface area contributed by atoms with Crippen LogP contribution in [-0.4, -0.2) is 14.2 Å². The van der Waals surface area contributed by atoms with Gasteiger partial charge in [-0.25, -0.2) is 0 Å². The van der Waals surface area contributed by atoms with E-state index in [0.29, 0.717) is 11.8 Å². The maximum Gasteiger partial charge on any atom is 0.141 e. The van der Waals surface area contributed by atoms with Crippen LogP contribution in [-0.2, 0) is 9.47 Å². The Morgan fingerprint density at radius 1 is 1.17 bits per heavy atom. The molecule has 0 spiro atoms. The van der Waals surface area contributed by atoms with Gasteiger partial charge in [-0.05, 0) is 42.7 Å². The van der Waals surface area contributed by atoms with Gasteiger partial charge in [-0.2, -0.15) is 0 Å². The molecule has 0 aromatic rings. The number of methoxy groups -OCH3 is 2. The van der Waals surface area contributed by atoms with Crippen molar-refractivity contribution in [1.82, 2.24) is 0 Å². The van der Waals surface area contributed by atoms with Crippen molar-refractivity contribution < 1.29 is 9.47 Å². The highest BCUT2D eigenvalue weighted by atomic mass is 16.5. The maximum absolute atomic E-state index is 5.69. The highest BCUT2D eigenvalue weighted by molar-refractivity contribution is 5.49. The molecule has 0 bridgehead atoms. The average molecular weight is 246 g/mol. The molecule has 1 saturated carbocycles. The van der Waals surface area contributed by atoms with E-state index in [2.05, 4.69) is 13.0 Å². The molecule has 18 heavy (non-hydrogen) atoms. The minimum atomic E-state index is 0.439. The van der Waals surface area contributed by atoms with Crippen molar-refractivity contribution >= 4 is 0 Å². The standard InChI is InChI=1S/C16H22O2/c1-10-7-8-11-5-4-6-12-9-13(17-2)16(18-3)14(10)15(11)12/h5,10,14H,4,6-9H2,1-3H3/t10-,14-/m0/s1. The van der Waals surface area contributed by atoms with Crippen molar-refractivity contribution in [3.8, 4) is 0 Å². The summed E-state index contributed by atoms with van der Waals surface area (Å²) in [5, 5.41) is 0. The Morgan fingerprint density at radius 2 is 2.00 bits per heavy atom. The van der Waals surface area contributed by atoms with Crippen LogP contribution in [0.3, 0.4) is 0 Å². The summed E-state index contributed by atoms with van der Waals surface area (Å²) in [5.41, 5.74) is 4.78. The van der Waals surface area contributed by atoms with Crippen LogP contribution in [0.1, 0.15) is 39.0 Å². The molecule has 3 rings (SSSR count). The summed E-state index contributed by atoms with van der Waals surface area (Å²) in [7, 11) is 3.56. The lowest BCUT2D eigenvalue weighted by atomic mass is 9.66. The van der Waals surface area contributed by atoms with Crippen LogP contribution in [0.15, 0.2) is 34.3 Å². The van der Waals surface area contributed by atoms with Gasteiger partial charge in [0.2, 0.25) is 0 Å². The van der Waals surface area contributed by atoms with Crippen molar-refractivity contribution in [2.75, 3.05) is 14.2 Å². The molecule has 0 saturated heterocycles. The second kappa shape index (κ2) is 4.49. The molecule has 0 aromatic carbocycles. The van der Waals surface area contributed by atoms with E-state index in [-0.39, 0.29) is 0 Å². The molecule has 0 aromatic heterocycles. The number of ether oxygens (including phenoxy) is 2. The molecule has 1 fully saturated rings. The second-order valence-electron chi connectivity index (χ2n) is 5.65. The summed E-state index contributed by atoms with van der Waals surface area (Å²) < 4.78 is 11.3. The fourth-order valence-electron chi connectivity index (χ4n) is 3.82. The molecule has 98 valence electrons. The monoisotopic (exact) mass is 246 g/mol. The van der Waals surface area contributed by atoms with E-state index in [1.54, 1.807) is 30.9 Å². The van der Waals surface area contributed by atoms with Crippen LogP contribution in [0.5, 0.6) is 0 Å². The van der Waals surface area contributed by atoms with Crippen LogP contribution >= 0.6 is 0 Å². The molecular formula is C16H22O2. The van der Waals surface area contributed by atoms with E-state index < -0.39 is 0 Å². The third kappa shape index (κ3) is 1.62. The van der Waals surface area contributed by atoms with Crippen LogP contribution in [0.2, 0.25) is 0 Å². The first kappa shape index (κ1) is 11.9. The van der Waals surface area contributed by atoms with E-state index in [9.17, 15) is 0 Å². The molecule has 0 unspecified atom stereocenters. The van der Waals surface area contributed by atoms with Crippen molar-refractivity contribution in [1.29, 1.82) is 0 Å². The van der Waals surface area contributed by atoms with Gasteiger partial charge in [0.1, 0.15) is 11.5 Å². The van der Waals surface area contributed by atoms with Gasteiger partial charge in [0.25, 0.3) is 0 Å². The van der Waals surface area contributed by atoms with Crippen molar-refractivity contribution in [3.05, 3.63) is 34.3 Å². The van der Waals surface area contributed by atoms with Crippen molar-refractivity contribution in [3.63, 3.8) is 0 Å². The zero-order valence-corrected chi connectivity index (χ0v) is 11.6. The zero-order chi connectivity index (χ0) is 12.7. The molecule has 3 aliphatic rings. The van der Waals surface area contributed by atoms with Crippen LogP contribution in [0.4, 0.5) is 0 Å². The van der Waals surface area contributed by atoms with Crippen molar-refractivity contribution in [2.45, 2.75) is 39.0 Å². The lowest BCUT2D eigenvalue weighted by molar-refractivity contribution is 0.162. The largest absolute Gasteiger partial charge is 0.497 e. The first-order chi connectivity index (χ1) is 8.76. The van der Waals surface area contributed by atoms with E-state index in [0.717, 1.165) is 17.9 Å². The molecule has 3 aliphatic carbocycles. The summed E-state index contributed by atoms with van der Waals surface area (Å²) in [6, 6.07) is 0. The molecule has 2 heteroatoms. The van der Waals surface area contributed by atoms with Gasteiger partial charge in [-0.3, -0.25) is 0 Å². The van der Waals surface area contributed by atoms with Gasteiger partial charge >= 0.3 is 0 Å². The Kier molecular flexibility index (Phi) is 2.96.